The smallest absolute Gasteiger partial charge is 0.213 e. The van der Waals surface area contributed by atoms with E-state index < -0.39 is 0 Å². The lowest BCUT2D eigenvalue weighted by Gasteiger charge is -2.08. The molecule has 0 bridgehead atoms. The summed E-state index contributed by atoms with van der Waals surface area (Å²) < 4.78 is 5.30. The molecule has 8 nitrogen and oxygen atoms in total. The summed E-state index contributed by atoms with van der Waals surface area (Å²) in [6, 6.07) is 0. The molecule has 0 radical (unpaired) electrons. The molecule has 2 heterocycles. The maximum absolute atomic E-state index is 5.29. The molecule has 9 heteroatoms. The van der Waals surface area contributed by atoms with Crippen molar-refractivity contribution in [1.82, 2.24) is 20.1 Å². The quantitative estimate of drug-likeness (QED) is 0.542. The van der Waals surface area contributed by atoms with Crippen molar-refractivity contribution < 1.29 is 4.52 Å². The van der Waals surface area contributed by atoms with Crippen LogP contribution >= 0.6 is 15.9 Å². The third-order valence-electron chi connectivity index (χ3n) is 1.97. The van der Waals surface area contributed by atoms with E-state index in [0.717, 1.165) is 0 Å². The first kappa shape index (κ1) is 11.7. The molecule has 0 atom stereocenters. The zero-order valence-corrected chi connectivity index (χ0v) is 10.3. The molecule has 0 amide bonds. The number of nitrogen functional groups attached to an aromatic ring is 1. The molecule has 0 saturated carbocycles. The molecule has 0 spiro atoms. The van der Waals surface area contributed by atoms with Gasteiger partial charge in [-0.15, -0.1) is 0 Å². The topological polar surface area (TPSA) is 115 Å². The molecule has 4 N–H and O–H groups in total. The maximum atomic E-state index is 5.29. The Hall–Kier alpha value is -1.74. The highest BCUT2D eigenvalue weighted by Gasteiger charge is 2.07. The lowest BCUT2D eigenvalue weighted by Crippen LogP contribution is -2.12. The van der Waals surface area contributed by atoms with Gasteiger partial charge in [0.15, 0.2) is 11.6 Å². The van der Waals surface area contributed by atoms with Crippen LogP contribution in [0.15, 0.2) is 21.7 Å². The molecule has 90 valence electrons. The van der Waals surface area contributed by atoms with Gasteiger partial charge in [0, 0.05) is 13.0 Å². The summed E-state index contributed by atoms with van der Waals surface area (Å²) in [5, 5.41) is 6.81. The predicted molar refractivity (Wildman–Crippen MR) is 64.0 cm³/mol. The molecular formula is C8H10BrN7O. The monoisotopic (exact) mass is 299 g/mol. The van der Waals surface area contributed by atoms with Crippen LogP contribution in [0.4, 0.5) is 11.6 Å². The normalized spacial score (nSPS) is 10.2. The van der Waals surface area contributed by atoms with Gasteiger partial charge in [0.2, 0.25) is 6.39 Å². The van der Waals surface area contributed by atoms with Crippen molar-refractivity contribution in [3.63, 3.8) is 0 Å². The average Bonchev–Trinajstić information content (AvgIpc) is 2.84. The zero-order valence-electron chi connectivity index (χ0n) is 8.72. The minimum atomic E-state index is 0.516. The van der Waals surface area contributed by atoms with Gasteiger partial charge in [0.05, 0.1) is 0 Å². The highest BCUT2D eigenvalue weighted by molar-refractivity contribution is 9.10. The molecule has 0 aliphatic carbocycles. The van der Waals surface area contributed by atoms with Gasteiger partial charge in [-0.1, -0.05) is 5.16 Å². The Morgan fingerprint density at radius 1 is 1.29 bits per heavy atom. The number of anilines is 2. The number of hydrogen-bond acceptors (Lipinski definition) is 8. The fraction of sp³-hybridized carbons (Fsp3) is 0.250. The standard InChI is InChI=1S/C8H10BrN7O/c9-6-7(12-3-13-8(6)15-10)11-2-1-5-14-4-17-16-5/h3-4H,1-2,10H2,(H2,11,12,13,15). The number of hydrogen-bond donors (Lipinski definition) is 3. The highest BCUT2D eigenvalue weighted by Crippen LogP contribution is 2.25. The molecule has 0 saturated heterocycles. The molecular weight excluding hydrogens is 290 g/mol. The van der Waals surface area contributed by atoms with E-state index in [-0.39, 0.29) is 0 Å². The van der Waals surface area contributed by atoms with Crippen LogP contribution in [0.3, 0.4) is 0 Å². The van der Waals surface area contributed by atoms with E-state index in [1.165, 1.54) is 12.7 Å². The molecule has 0 aliphatic rings. The molecule has 2 rings (SSSR count). The van der Waals surface area contributed by atoms with Crippen molar-refractivity contribution in [1.29, 1.82) is 0 Å². The third-order valence-corrected chi connectivity index (χ3v) is 2.73. The van der Waals surface area contributed by atoms with Gasteiger partial charge in [-0.3, -0.25) is 0 Å². The van der Waals surface area contributed by atoms with E-state index in [4.69, 9.17) is 5.84 Å². The van der Waals surface area contributed by atoms with E-state index in [1.54, 1.807) is 0 Å². The van der Waals surface area contributed by atoms with E-state index >= 15 is 0 Å². The number of hydrazine groups is 1. The summed E-state index contributed by atoms with van der Waals surface area (Å²) in [6.07, 6.45) is 3.35. The van der Waals surface area contributed by atoms with Crippen molar-refractivity contribution in [2.75, 3.05) is 17.3 Å². The van der Waals surface area contributed by atoms with Crippen molar-refractivity contribution in [3.05, 3.63) is 23.0 Å². The SMILES string of the molecule is NNc1ncnc(NCCc2ncon2)c1Br. The summed E-state index contributed by atoms with van der Waals surface area (Å²) >= 11 is 3.34. The number of nitrogens with zero attached hydrogens (tertiary/aromatic N) is 4. The second-order valence-electron chi connectivity index (χ2n) is 3.05. The van der Waals surface area contributed by atoms with Gasteiger partial charge in [-0.25, -0.2) is 15.8 Å². The lowest BCUT2D eigenvalue weighted by molar-refractivity contribution is 0.410. The lowest BCUT2D eigenvalue weighted by atomic mass is 10.4. The van der Waals surface area contributed by atoms with Gasteiger partial charge in [0.1, 0.15) is 16.6 Å². The van der Waals surface area contributed by atoms with E-state index in [0.29, 0.717) is 34.9 Å². The van der Waals surface area contributed by atoms with Crippen molar-refractivity contribution in [3.8, 4) is 0 Å². The fourth-order valence-corrected chi connectivity index (χ4v) is 1.65. The second-order valence-corrected chi connectivity index (χ2v) is 3.85. The Balaban J connectivity index is 1.95. The van der Waals surface area contributed by atoms with Gasteiger partial charge < -0.3 is 15.3 Å². The van der Waals surface area contributed by atoms with Gasteiger partial charge >= 0.3 is 0 Å². The van der Waals surface area contributed by atoms with Crippen molar-refractivity contribution >= 4 is 27.6 Å². The number of nitrogens with two attached hydrogens (primary N) is 1. The molecule has 17 heavy (non-hydrogen) atoms. The summed E-state index contributed by atoms with van der Waals surface area (Å²) in [5.74, 6) is 7.10. The molecule has 0 aliphatic heterocycles. The molecule has 0 fully saturated rings. The number of aromatic nitrogens is 4. The molecule has 0 aromatic carbocycles. The Morgan fingerprint density at radius 3 is 2.82 bits per heavy atom. The van der Waals surface area contributed by atoms with Crippen LogP contribution in [0, 0.1) is 0 Å². The number of rotatable bonds is 5. The molecule has 0 unspecified atom stereocenters. The van der Waals surface area contributed by atoms with Gasteiger partial charge in [-0.2, -0.15) is 4.98 Å². The van der Waals surface area contributed by atoms with Crippen LogP contribution in [0.5, 0.6) is 0 Å². The molecule has 2 aromatic rings. The van der Waals surface area contributed by atoms with Crippen LogP contribution in [0.25, 0.3) is 0 Å². The average molecular weight is 300 g/mol. The van der Waals surface area contributed by atoms with E-state index in [9.17, 15) is 0 Å². The highest BCUT2D eigenvalue weighted by atomic mass is 79.9. The Kier molecular flexibility index (Phi) is 3.83. The third kappa shape index (κ3) is 2.88. The van der Waals surface area contributed by atoms with Crippen LogP contribution in [-0.2, 0) is 6.42 Å². The van der Waals surface area contributed by atoms with Gasteiger partial charge in [-0.05, 0) is 15.9 Å². The first-order valence-corrected chi connectivity index (χ1v) is 5.57. The van der Waals surface area contributed by atoms with Crippen molar-refractivity contribution in [2.45, 2.75) is 6.42 Å². The summed E-state index contributed by atoms with van der Waals surface area (Å²) in [7, 11) is 0. The number of nitrogens with one attached hydrogen (secondary N) is 2. The minimum Gasteiger partial charge on any atom is -0.369 e. The molecule has 2 aromatic heterocycles. The Morgan fingerprint density at radius 2 is 2.12 bits per heavy atom. The fourth-order valence-electron chi connectivity index (χ4n) is 1.19. The Bertz CT molecular complexity index is 475. The van der Waals surface area contributed by atoms with Crippen LogP contribution in [0.2, 0.25) is 0 Å². The van der Waals surface area contributed by atoms with Gasteiger partial charge in [0.25, 0.3) is 0 Å². The van der Waals surface area contributed by atoms with Crippen LogP contribution < -0.4 is 16.6 Å². The zero-order chi connectivity index (χ0) is 12.1. The van der Waals surface area contributed by atoms with Crippen LogP contribution in [-0.4, -0.2) is 26.7 Å². The van der Waals surface area contributed by atoms with E-state index in [2.05, 4.69) is 51.3 Å². The number of halogens is 1. The van der Waals surface area contributed by atoms with Crippen LogP contribution in [0.1, 0.15) is 5.82 Å². The van der Waals surface area contributed by atoms with E-state index in [1.807, 2.05) is 0 Å². The first-order valence-electron chi connectivity index (χ1n) is 4.77. The second kappa shape index (κ2) is 5.55. The largest absolute Gasteiger partial charge is 0.369 e. The predicted octanol–water partition coefficient (Wildman–Crippen LogP) is 0.562. The minimum absolute atomic E-state index is 0.516. The Labute approximate surface area is 105 Å². The first-order chi connectivity index (χ1) is 8.31. The summed E-state index contributed by atoms with van der Waals surface area (Å²) in [6.45, 7) is 0.624. The summed E-state index contributed by atoms with van der Waals surface area (Å²) in [5.41, 5.74) is 2.46. The van der Waals surface area contributed by atoms with Crippen molar-refractivity contribution in [2.24, 2.45) is 5.84 Å². The summed E-state index contributed by atoms with van der Waals surface area (Å²) in [4.78, 5) is 11.9. The maximum Gasteiger partial charge on any atom is 0.213 e.